The molecule has 23 nitrogen and oxygen atoms in total. The van der Waals surface area contributed by atoms with E-state index in [1.807, 2.05) is 126 Å². The summed E-state index contributed by atoms with van der Waals surface area (Å²) >= 11 is 0. The van der Waals surface area contributed by atoms with Crippen molar-refractivity contribution in [2.75, 3.05) is 53.0 Å². The van der Waals surface area contributed by atoms with Crippen LogP contribution in [0.1, 0.15) is 144 Å². The molecule has 3 fully saturated rings. The van der Waals surface area contributed by atoms with Crippen molar-refractivity contribution < 1.29 is 68.9 Å². The van der Waals surface area contributed by atoms with Crippen molar-refractivity contribution >= 4 is 66.7 Å². The first kappa shape index (κ1) is 89.5. The fourth-order valence-electron chi connectivity index (χ4n) is 15.4. The number of Topliss-reactive ketones (excluding diaryl/α,β-unsaturated/α-hetero) is 4. The molecule has 3 saturated heterocycles. The van der Waals surface area contributed by atoms with E-state index in [0.717, 1.165) is 115 Å². The lowest BCUT2D eigenvalue weighted by Gasteiger charge is -2.37. The Bertz CT molecular complexity index is 5980. The number of rotatable bonds is 18. The molecule has 3 aliphatic heterocycles. The third-order valence-electron chi connectivity index (χ3n) is 21.3. The van der Waals surface area contributed by atoms with Gasteiger partial charge in [0.05, 0.1) is 72.7 Å². The van der Waals surface area contributed by atoms with E-state index in [9.17, 15) is 49.9 Å². The van der Waals surface area contributed by atoms with E-state index in [1.54, 1.807) is 80.4 Å². The number of ether oxygens (including phenoxy) is 4. The van der Waals surface area contributed by atoms with Crippen LogP contribution in [0.3, 0.4) is 0 Å². The maximum atomic E-state index is 14.9. The van der Waals surface area contributed by atoms with Gasteiger partial charge in [-0.05, 0) is 151 Å². The number of aromatic nitrogens is 12. The van der Waals surface area contributed by atoms with Gasteiger partial charge in [0.15, 0.2) is 35.3 Å². The average molecular weight is 1670 g/mol. The summed E-state index contributed by atoms with van der Waals surface area (Å²) in [5, 5.41) is 16.2. The molecule has 0 saturated carbocycles. The Balaban J connectivity index is 0.000000148. The van der Waals surface area contributed by atoms with Crippen LogP contribution in [0.5, 0.6) is 5.75 Å². The van der Waals surface area contributed by atoms with Gasteiger partial charge in [0, 0.05) is 189 Å². The number of nitrogens with zero attached hydrogens (tertiary/aromatic N) is 15. The van der Waals surface area contributed by atoms with Gasteiger partial charge in [-0.2, -0.15) is 41.6 Å². The van der Waals surface area contributed by atoms with E-state index in [4.69, 9.17) is 18.9 Å². The second kappa shape index (κ2) is 38.1. The van der Waals surface area contributed by atoms with Crippen LogP contribution in [0.4, 0.5) is 30.7 Å². The van der Waals surface area contributed by atoms with E-state index in [2.05, 4.69) is 89.1 Å². The molecular weight excluding hydrogens is 1580 g/mol. The molecule has 1 unspecified atom stereocenters. The van der Waals surface area contributed by atoms with E-state index in [1.165, 1.54) is 39.5 Å². The summed E-state index contributed by atoms with van der Waals surface area (Å²) in [5.74, 6) is 0.434. The van der Waals surface area contributed by atoms with E-state index < -0.39 is 36.5 Å². The lowest BCUT2D eigenvalue weighted by Crippen LogP contribution is -2.51. The molecule has 0 spiro atoms. The third kappa shape index (κ3) is 21.9. The smallest absolute Gasteiger partial charge is 0.415 e. The highest BCUT2D eigenvalue weighted by molar-refractivity contribution is 6.05. The summed E-state index contributed by atoms with van der Waals surface area (Å²) in [6.45, 7) is 19.6. The van der Waals surface area contributed by atoms with Crippen LogP contribution in [0, 0.1) is 12.7 Å². The van der Waals surface area contributed by atoms with Gasteiger partial charge in [-0.3, -0.25) is 47.9 Å². The third-order valence-corrected chi connectivity index (χ3v) is 21.3. The molecule has 6 atom stereocenters. The Hall–Kier alpha value is -11.8. The molecule has 8 aromatic heterocycles. The molecule has 16 rings (SSSR count). The number of fused-ring (bicyclic) bond motifs is 4. The van der Waals surface area contributed by atoms with Gasteiger partial charge in [-0.1, -0.05) is 62.9 Å². The maximum absolute atomic E-state index is 14.9. The van der Waals surface area contributed by atoms with Crippen LogP contribution in [0.15, 0.2) is 165 Å². The molecule has 638 valence electrons. The minimum absolute atomic E-state index is 0. The number of alkyl halides is 6. The lowest BCUT2D eigenvalue weighted by molar-refractivity contribution is -0.252. The van der Waals surface area contributed by atoms with Crippen LogP contribution >= 0.6 is 0 Å². The Morgan fingerprint density at radius 1 is 0.467 bits per heavy atom. The topological polar surface area (TPSA) is 246 Å². The van der Waals surface area contributed by atoms with E-state index >= 15 is 0 Å². The van der Waals surface area contributed by atoms with Crippen LogP contribution in [0.2, 0.25) is 0 Å². The fourth-order valence-corrected chi connectivity index (χ4v) is 15.4. The average Bonchev–Trinajstić information content (AvgIpc) is 0.916. The number of morpholine rings is 3. The van der Waals surface area contributed by atoms with Crippen molar-refractivity contribution in [3.05, 3.63) is 227 Å². The molecule has 0 radical (unpaired) electrons. The summed E-state index contributed by atoms with van der Waals surface area (Å²) in [6.07, 6.45) is 3.03. The van der Waals surface area contributed by atoms with Gasteiger partial charge < -0.3 is 18.9 Å². The van der Waals surface area contributed by atoms with Crippen LogP contribution in [-0.2, 0) is 61.4 Å². The van der Waals surface area contributed by atoms with Crippen molar-refractivity contribution in [3.8, 4) is 50.3 Å². The van der Waals surface area contributed by atoms with Crippen LogP contribution in [0.25, 0.3) is 88.1 Å². The number of carbonyl (C=O) groups excluding carboxylic acids is 4. The second-order valence-corrected chi connectivity index (χ2v) is 31.3. The van der Waals surface area contributed by atoms with Crippen molar-refractivity contribution in [1.29, 1.82) is 0 Å². The number of benzene rings is 5. The number of methoxy groups -OCH3 is 1. The molecule has 0 N–H and O–H groups in total. The standard InChI is InChI=1S/C26H24FN3O2.C22H23F3N4O2.C22H26N4O2.C21H21F3N4O2.CH4/c1-15(9-18-13-28-17(3)29-14-18)19-5-7-22-23(12-25(16(2)31)30-26(22)10-19)21-8-6-20(32-4)11-24(21)27;1-13-9-29(12-21(31-13)22(23,24)25)10-15-4-5-17-18(16-8-26-28(3)11-16)7-19(14(2)30)27-20(17)6-15;1-14-10-26(11-15(2)28-14)12-17-5-6-19-20(18-9-23-25(4)13-18)8-21(16(3)27)24-22(19)7-17;1-13(29)18-8-17(15-9-25-27(2)11-15)16-4-3-14(7-19(16)26-18)10-28-5-6-30-20(12-28)21(22,23)24;/h5-8,10-15H,9H2,1-4H3;4-8,11,13,21H,9-10,12H2,1-3H3;5-9,13-15H,10-12H2,1-4H3;3-4,7-9,11,20H,5-6,10,12H2,1-2H3;1H4/t;13-,21-;14-,15+;20-;/m.0.1./s1. The van der Waals surface area contributed by atoms with E-state index in [-0.39, 0.29) is 68.4 Å². The number of hydrogen-bond donors (Lipinski definition) is 0. The molecule has 0 aliphatic carbocycles. The quantitative estimate of drug-likeness (QED) is 0.0572. The summed E-state index contributed by atoms with van der Waals surface area (Å²) < 4.78 is 119. The largest absolute Gasteiger partial charge is 0.497 e. The molecule has 30 heteroatoms. The highest BCUT2D eigenvalue weighted by Gasteiger charge is 2.46. The predicted octanol–water partition coefficient (Wildman–Crippen LogP) is 17.4. The zero-order valence-corrected chi connectivity index (χ0v) is 69.5. The number of hydrogen-bond acceptors (Lipinski definition) is 20. The molecular formula is C92H98F7N15O8. The van der Waals surface area contributed by atoms with Crippen LogP contribution in [-0.4, -0.2) is 193 Å². The molecule has 13 aromatic rings. The summed E-state index contributed by atoms with van der Waals surface area (Å²) in [5.41, 5.74) is 15.6. The maximum Gasteiger partial charge on any atom is 0.415 e. The van der Waals surface area contributed by atoms with Gasteiger partial charge in [-0.25, -0.2) is 34.3 Å². The normalized spacial score (nSPS) is 17.5. The minimum Gasteiger partial charge on any atom is -0.497 e. The van der Waals surface area contributed by atoms with Crippen LogP contribution < -0.4 is 4.74 Å². The minimum atomic E-state index is -4.40. The first-order valence-electron chi connectivity index (χ1n) is 39.7. The summed E-state index contributed by atoms with van der Waals surface area (Å²) in [4.78, 5) is 80.8. The Labute approximate surface area is 702 Å². The van der Waals surface area contributed by atoms with Gasteiger partial charge in [0.2, 0.25) is 0 Å². The van der Waals surface area contributed by atoms with E-state index in [0.29, 0.717) is 82.4 Å². The van der Waals surface area contributed by atoms with Gasteiger partial charge in [0.25, 0.3) is 0 Å². The molecule has 0 bridgehead atoms. The zero-order chi connectivity index (χ0) is 86.5. The number of pyridine rings is 4. The van der Waals surface area contributed by atoms with Crippen molar-refractivity contribution in [1.82, 2.24) is 73.9 Å². The molecule has 122 heavy (non-hydrogen) atoms. The number of halogens is 7. The highest BCUT2D eigenvalue weighted by Crippen LogP contribution is 2.38. The molecule has 3 aliphatic rings. The van der Waals surface area contributed by atoms with Gasteiger partial charge in [0.1, 0.15) is 40.2 Å². The Morgan fingerprint density at radius 3 is 1.25 bits per heavy atom. The summed E-state index contributed by atoms with van der Waals surface area (Å²) in [6, 6.07) is 35.3. The van der Waals surface area contributed by atoms with Crippen molar-refractivity contribution in [2.24, 2.45) is 21.1 Å². The summed E-state index contributed by atoms with van der Waals surface area (Å²) in [7, 11) is 7.01. The highest BCUT2D eigenvalue weighted by atomic mass is 19.4. The molecule has 0 amide bonds. The zero-order valence-electron chi connectivity index (χ0n) is 69.5. The number of carbonyl (C=O) groups is 4. The first-order valence-corrected chi connectivity index (χ1v) is 39.7. The lowest BCUT2D eigenvalue weighted by atomic mass is 9.92. The number of aryl methyl sites for hydroxylation is 4. The number of ketones is 4. The van der Waals surface area contributed by atoms with Gasteiger partial charge >= 0.3 is 12.4 Å². The first-order chi connectivity index (χ1) is 57.5. The predicted molar refractivity (Wildman–Crippen MR) is 453 cm³/mol. The van der Waals surface area contributed by atoms with Crippen molar-refractivity contribution in [3.63, 3.8) is 0 Å². The molecule has 5 aromatic carbocycles. The van der Waals surface area contributed by atoms with Gasteiger partial charge in [-0.15, -0.1) is 0 Å². The SMILES string of the molecule is C.CC(=O)c1cc(-c2cnn(C)c2)c2ccc(CN3CCO[C@@H](C(F)(F)F)C3)cc2n1.CC(=O)c1cc(-c2cnn(C)c2)c2ccc(CN3C[C@@H](C(F)(F)F)O[C@@H](C)C3)cc2n1.CC(=O)c1cc(-c2cnn(C)c2)c2ccc(CN3C[C@@H](C)O[C@@H](C)C3)cc2n1.COc1ccc(-c2cc(C(C)=O)nc3cc(C(C)Cc4cnc(C)nc4)ccc23)c(F)c1. The Kier molecular flexibility index (Phi) is 27.9. The fraction of sp³-hybridized carbons (Fsp3) is 0.359. The Morgan fingerprint density at radius 2 is 0.852 bits per heavy atom. The molecule has 11 heterocycles. The van der Waals surface area contributed by atoms with Crippen molar-refractivity contribution in [2.45, 2.75) is 145 Å². The second-order valence-electron chi connectivity index (χ2n) is 31.3. The monoisotopic (exact) mass is 1670 g/mol.